The fourth-order valence-corrected chi connectivity index (χ4v) is 7.61. The zero-order chi connectivity index (χ0) is 25.6. The zero-order valence-corrected chi connectivity index (χ0v) is 22.9. The van der Waals surface area contributed by atoms with E-state index in [1.807, 2.05) is 72.8 Å². The summed E-state index contributed by atoms with van der Waals surface area (Å²) in [6.07, 6.45) is 3.35. The van der Waals surface area contributed by atoms with Crippen LogP contribution in [-0.4, -0.2) is 0 Å². The number of halogens is 2. The maximum absolute atomic E-state index is 13.4. The molecule has 4 nitrogen and oxygen atoms in total. The van der Waals surface area contributed by atoms with Crippen LogP contribution in [0.1, 0.15) is 22.3 Å². The van der Waals surface area contributed by atoms with Gasteiger partial charge in [-0.2, -0.15) is 0 Å². The summed E-state index contributed by atoms with van der Waals surface area (Å²) in [5.74, 6) is 0.311. The average Bonchev–Trinajstić information content (AvgIpc) is 3.13. The van der Waals surface area contributed by atoms with Gasteiger partial charge >= 0.3 is 7.82 Å². The van der Waals surface area contributed by atoms with Crippen molar-refractivity contribution in [3.63, 3.8) is 0 Å². The van der Waals surface area contributed by atoms with Crippen molar-refractivity contribution in [3.8, 4) is 0 Å². The van der Waals surface area contributed by atoms with E-state index in [0.29, 0.717) is 21.2 Å². The number of rotatable bonds is 4. The van der Waals surface area contributed by atoms with E-state index in [-0.39, 0.29) is 11.5 Å². The molecule has 0 aliphatic carbocycles. The quantitative estimate of drug-likeness (QED) is 0.224. The number of hydrogen-bond donors (Lipinski definition) is 0. The predicted octanol–water partition coefficient (Wildman–Crippen LogP) is 9.12. The van der Waals surface area contributed by atoms with E-state index in [2.05, 4.69) is 0 Å². The third-order valence-corrected chi connectivity index (χ3v) is 9.88. The second kappa shape index (κ2) is 9.95. The molecule has 0 saturated heterocycles. The van der Waals surface area contributed by atoms with Gasteiger partial charge in [0.1, 0.15) is 11.5 Å². The summed E-state index contributed by atoms with van der Waals surface area (Å²) >= 11 is 15.8. The Morgan fingerprint density at radius 1 is 0.622 bits per heavy atom. The summed E-state index contributed by atoms with van der Waals surface area (Å²) in [6.45, 7) is 0. The number of phosphoric acid groups is 1. The van der Waals surface area contributed by atoms with Crippen LogP contribution < -0.4 is 4.89 Å². The van der Waals surface area contributed by atoms with Gasteiger partial charge in [0.2, 0.25) is 0 Å². The molecule has 4 aromatic carbocycles. The molecule has 0 unspecified atom stereocenters. The largest absolute Gasteiger partial charge is 0.736 e. The van der Waals surface area contributed by atoms with Crippen LogP contribution in [0.4, 0.5) is 0 Å². The lowest BCUT2D eigenvalue weighted by atomic mass is 10.1. The highest BCUT2D eigenvalue weighted by Crippen LogP contribution is 2.53. The van der Waals surface area contributed by atoms with Crippen molar-refractivity contribution in [2.45, 2.75) is 19.6 Å². The van der Waals surface area contributed by atoms with E-state index in [4.69, 9.17) is 32.2 Å². The molecule has 0 N–H and O–H groups in total. The molecule has 2 aliphatic rings. The second-order valence-electron chi connectivity index (χ2n) is 8.16. The fourth-order valence-electron chi connectivity index (χ4n) is 4.08. The highest BCUT2D eigenvalue weighted by molar-refractivity contribution is 8.00. The average molecular weight is 582 g/mol. The van der Waals surface area contributed by atoms with Crippen LogP contribution in [0.2, 0.25) is 10.0 Å². The summed E-state index contributed by atoms with van der Waals surface area (Å²) in [5, 5.41) is 1.15. The summed E-state index contributed by atoms with van der Waals surface area (Å²) < 4.78 is 24.7. The Morgan fingerprint density at radius 2 is 1.05 bits per heavy atom. The lowest BCUT2D eigenvalue weighted by molar-refractivity contribution is -0.213. The Hall–Kier alpha value is -2.57. The lowest BCUT2D eigenvalue weighted by Gasteiger charge is -2.27. The Morgan fingerprint density at radius 3 is 1.51 bits per heavy atom. The molecule has 37 heavy (non-hydrogen) atoms. The van der Waals surface area contributed by atoms with Gasteiger partial charge in [0.25, 0.3) is 0 Å². The molecule has 0 fully saturated rings. The molecule has 184 valence electrons. The fraction of sp³-hybridized carbons (Fsp3) is 0. The van der Waals surface area contributed by atoms with Crippen LogP contribution in [0.5, 0.6) is 0 Å². The van der Waals surface area contributed by atoms with Gasteiger partial charge in [0.05, 0.1) is 10.0 Å². The van der Waals surface area contributed by atoms with Crippen molar-refractivity contribution in [1.29, 1.82) is 0 Å². The minimum absolute atomic E-state index is 0.155. The van der Waals surface area contributed by atoms with Crippen LogP contribution >= 0.6 is 54.5 Å². The first kappa shape index (κ1) is 24.7. The van der Waals surface area contributed by atoms with Gasteiger partial charge in [0, 0.05) is 30.7 Å². The summed E-state index contributed by atoms with van der Waals surface area (Å²) in [4.78, 5) is 16.7. The molecular weight excluding hydrogens is 566 g/mol. The summed E-state index contributed by atoms with van der Waals surface area (Å²) in [7, 11) is -4.90. The molecule has 0 aromatic heterocycles. The number of fused-ring (bicyclic) bond motifs is 4. The van der Waals surface area contributed by atoms with E-state index in [0.717, 1.165) is 30.7 Å². The smallest absolute Gasteiger partial charge is 0.372 e. The number of hydrogen-bond acceptors (Lipinski definition) is 6. The van der Waals surface area contributed by atoms with Crippen LogP contribution in [0.25, 0.3) is 23.7 Å². The first-order valence-corrected chi connectivity index (χ1v) is 15.0. The highest BCUT2D eigenvalue weighted by Gasteiger charge is 2.26. The Labute approximate surface area is 232 Å². The van der Waals surface area contributed by atoms with Crippen LogP contribution in [-0.2, 0) is 13.6 Å². The standard InChI is InChI=1S/C28H17Cl2O4PS2/c29-21-11-5-7-17-15-23(19-9-1-3-13-25(19)36-27(17)21)33-35(31,32)34-24-16-18-8-6-12-22(30)28(18)37-26-14-4-2-10-20(24)26/h1-16H,(H,31,32)/p-1. The van der Waals surface area contributed by atoms with Crippen molar-refractivity contribution in [2.24, 2.45) is 0 Å². The lowest BCUT2D eigenvalue weighted by Crippen LogP contribution is -2.08. The molecule has 0 radical (unpaired) electrons. The SMILES string of the molecule is O=P([O-])(OC1=Cc2cccc(Cl)c2Sc2ccccc21)OC1=Cc2cccc(Cl)c2Sc2ccccc21. The predicted molar refractivity (Wildman–Crippen MR) is 150 cm³/mol. The minimum Gasteiger partial charge on any atom is -0.736 e. The Kier molecular flexibility index (Phi) is 6.66. The first-order chi connectivity index (χ1) is 17.9. The molecule has 0 atom stereocenters. The third-order valence-electron chi connectivity index (χ3n) is 5.72. The monoisotopic (exact) mass is 581 g/mol. The van der Waals surface area contributed by atoms with E-state index < -0.39 is 7.82 Å². The summed E-state index contributed by atoms with van der Waals surface area (Å²) in [5.41, 5.74) is 2.76. The Balaban J connectivity index is 1.41. The van der Waals surface area contributed by atoms with Crippen molar-refractivity contribution in [2.75, 3.05) is 0 Å². The molecule has 4 aromatic rings. The van der Waals surface area contributed by atoms with Crippen molar-refractivity contribution < 1.29 is 18.5 Å². The molecule has 2 heterocycles. The van der Waals surface area contributed by atoms with Gasteiger partial charge in [0.15, 0.2) is 0 Å². The highest BCUT2D eigenvalue weighted by atomic mass is 35.5. The van der Waals surface area contributed by atoms with Crippen molar-refractivity contribution in [1.82, 2.24) is 0 Å². The molecule has 0 saturated carbocycles. The molecule has 6 rings (SSSR count). The third kappa shape index (κ3) is 4.98. The van der Waals surface area contributed by atoms with Gasteiger partial charge in [-0.1, -0.05) is 107 Å². The first-order valence-electron chi connectivity index (χ1n) is 11.1. The number of phosphoric ester groups is 1. The van der Waals surface area contributed by atoms with Crippen LogP contribution in [0.3, 0.4) is 0 Å². The van der Waals surface area contributed by atoms with E-state index >= 15 is 0 Å². The maximum Gasteiger partial charge on any atom is 0.372 e. The van der Waals surface area contributed by atoms with Gasteiger partial charge in [-0.05, 0) is 47.5 Å². The van der Waals surface area contributed by atoms with Crippen LogP contribution in [0.15, 0.2) is 105 Å². The van der Waals surface area contributed by atoms with Crippen molar-refractivity contribution >= 4 is 78.2 Å². The second-order valence-corrected chi connectivity index (χ2v) is 12.3. The molecule has 9 heteroatoms. The molecular formula is C28H16Cl2O4PS2-. The molecule has 0 spiro atoms. The topological polar surface area (TPSA) is 58.6 Å². The van der Waals surface area contributed by atoms with Gasteiger partial charge < -0.3 is 13.9 Å². The van der Waals surface area contributed by atoms with E-state index in [9.17, 15) is 9.46 Å². The number of benzene rings is 4. The Bertz CT molecular complexity index is 1550. The zero-order valence-electron chi connectivity index (χ0n) is 18.9. The molecule has 0 amide bonds. The minimum atomic E-state index is -4.90. The van der Waals surface area contributed by atoms with Gasteiger partial charge in [-0.25, -0.2) is 4.57 Å². The normalized spacial score (nSPS) is 14.0. The maximum atomic E-state index is 13.4. The van der Waals surface area contributed by atoms with Crippen LogP contribution in [0, 0.1) is 0 Å². The van der Waals surface area contributed by atoms with E-state index in [1.165, 1.54) is 23.5 Å². The van der Waals surface area contributed by atoms with Gasteiger partial charge in [-0.15, -0.1) is 0 Å². The van der Waals surface area contributed by atoms with E-state index in [1.54, 1.807) is 24.3 Å². The molecule has 2 aliphatic heterocycles. The van der Waals surface area contributed by atoms with Crippen molar-refractivity contribution in [3.05, 3.63) is 117 Å². The molecule has 0 bridgehead atoms. The summed E-state index contributed by atoms with van der Waals surface area (Å²) in [6, 6.07) is 25.8. The van der Waals surface area contributed by atoms with Gasteiger partial charge in [-0.3, -0.25) is 0 Å².